The van der Waals surface area contributed by atoms with Crippen molar-refractivity contribution in [3.05, 3.63) is 125 Å². The van der Waals surface area contributed by atoms with Gasteiger partial charge in [0.15, 0.2) is 0 Å². The molecule has 0 heterocycles. The van der Waals surface area contributed by atoms with Crippen molar-refractivity contribution in [2.75, 3.05) is 4.90 Å². The zero-order chi connectivity index (χ0) is 20.2. The second kappa shape index (κ2) is 8.36. The van der Waals surface area contributed by atoms with Crippen LogP contribution in [-0.2, 0) is 6.42 Å². The molecule has 0 atom stereocenters. The van der Waals surface area contributed by atoms with Gasteiger partial charge >= 0.3 is 0 Å². The molecule has 0 aliphatic heterocycles. The van der Waals surface area contributed by atoms with Gasteiger partial charge in [-0.3, -0.25) is 0 Å². The van der Waals surface area contributed by atoms with Crippen molar-refractivity contribution in [3.8, 4) is 0 Å². The Labute approximate surface area is 174 Å². The quantitative estimate of drug-likeness (QED) is 0.345. The Hall–Kier alpha value is -3.32. The van der Waals surface area contributed by atoms with E-state index in [9.17, 15) is 0 Å². The Bertz CT molecular complexity index is 1030. The maximum Gasteiger partial charge on any atom is 0.0464 e. The third kappa shape index (κ3) is 4.57. The second-order valence-electron chi connectivity index (χ2n) is 7.84. The van der Waals surface area contributed by atoms with Crippen LogP contribution < -0.4 is 4.90 Å². The predicted molar refractivity (Wildman–Crippen MR) is 125 cm³/mol. The predicted octanol–water partition coefficient (Wildman–Crippen LogP) is 7.67. The van der Waals surface area contributed by atoms with Crippen LogP contribution in [0.4, 0.5) is 17.1 Å². The first-order valence-electron chi connectivity index (χ1n) is 10.2. The molecule has 1 heteroatoms. The Morgan fingerprint density at radius 3 is 1.48 bits per heavy atom. The van der Waals surface area contributed by atoms with Crippen LogP contribution in [0.1, 0.15) is 27.8 Å². The first kappa shape index (κ1) is 19.0. The summed E-state index contributed by atoms with van der Waals surface area (Å²) >= 11 is 0. The number of benzene rings is 4. The van der Waals surface area contributed by atoms with E-state index in [1.165, 1.54) is 44.9 Å². The number of aryl methyl sites for hydroxylation is 3. The summed E-state index contributed by atoms with van der Waals surface area (Å²) in [4.78, 5) is 2.33. The molecule has 29 heavy (non-hydrogen) atoms. The average molecular weight is 378 g/mol. The Kier molecular flexibility index (Phi) is 5.48. The number of hydrogen-bond acceptors (Lipinski definition) is 1. The fraction of sp³-hybridized carbons (Fsp3) is 0.143. The first-order chi connectivity index (χ1) is 14.1. The van der Waals surface area contributed by atoms with Crippen molar-refractivity contribution in [2.45, 2.75) is 27.2 Å². The summed E-state index contributed by atoms with van der Waals surface area (Å²) in [6, 6.07) is 35.2. The summed E-state index contributed by atoms with van der Waals surface area (Å²) in [5.41, 5.74) is 10.0. The normalized spacial score (nSPS) is 10.7. The van der Waals surface area contributed by atoms with Gasteiger partial charge in [0.2, 0.25) is 0 Å². The molecule has 0 radical (unpaired) electrons. The summed E-state index contributed by atoms with van der Waals surface area (Å²) in [7, 11) is 0. The molecule has 0 saturated heterocycles. The van der Waals surface area contributed by atoms with E-state index >= 15 is 0 Å². The van der Waals surface area contributed by atoms with Crippen LogP contribution in [0.5, 0.6) is 0 Å². The van der Waals surface area contributed by atoms with Gasteiger partial charge in [-0.05, 0) is 74.7 Å². The smallest absolute Gasteiger partial charge is 0.0464 e. The fourth-order valence-corrected chi connectivity index (χ4v) is 3.58. The lowest BCUT2D eigenvalue weighted by molar-refractivity contribution is 1.17. The minimum absolute atomic E-state index is 0.934. The fourth-order valence-electron chi connectivity index (χ4n) is 3.58. The number of anilines is 3. The van der Waals surface area contributed by atoms with Crippen LogP contribution in [0.2, 0.25) is 0 Å². The van der Waals surface area contributed by atoms with Crippen LogP contribution in [0.15, 0.2) is 97.1 Å². The summed E-state index contributed by atoms with van der Waals surface area (Å²) in [5.74, 6) is 0. The van der Waals surface area contributed by atoms with Gasteiger partial charge in [0, 0.05) is 17.1 Å². The topological polar surface area (TPSA) is 3.24 Å². The van der Waals surface area contributed by atoms with E-state index in [2.05, 4.69) is 123 Å². The van der Waals surface area contributed by atoms with Crippen molar-refractivity contribution < 1.29 is 0 Å². The number of nitrogens with zero attached hydrogens (tertiary/aromatic N) is 1. The van der Waals surface area contributed by atoms with Gasteiger partial charge in [0.25, 0.3) is 0 Å². The molecule has 0 aromatic heterocycles. The summed E-state index contributed by atoms with van der Waals surface area (Å²) in [6.45, 7) is 6.38. The van der Waals surface area contributed by atoms with Crippen molar-refractivity contribution in [1.82, 2.24) is 0 Å². The average Bonchev–Trinajstić information content (AvgIpc) is 2.73. The molecule has 4 aromatic rings. The Morgan fingerprint density at radius 2 is 0.966 bits per heavy atom. The first-order valence-corrected chi connectivity index (χ1v) is 10.2. The summed E-state index contributed by atoms with van der Waals surface area (Å²) in [6.07, 6.45) is 0.934. The lowest BCUT2D eigenvalue weighted by Gasteiger charge is -2.26. The van der Waals surface area contributed by atoms with Gasteiger partial charge < -0.3 is 4.90 Å². The molecule has 0 bridgehead atoms. The summed E-state index contributed by atoms with van der Waals surface area (Å²) < 4.78 is 0. The maximum atomic E-state index is 2.33. The molecule has 0 N–H and O–H groups in total. The highest BCUT2D eigenvalue weighted by Gasteiger charge is 2.13. The van der Waals surface area contributed by atoms with E-state index in [0.717, 1.165) is 6.42 Å². The number of rotatable bonds is 5. The van der Waals surface area contributed by atoms with Gasteiger partial charge in [0.1, 0.15) is 0 Å². The van der Waals surface area contributed by atoms with E-state index in [4.69, 9.17) is 0 Å². The zero-order valence-corrected chi connectivity index (χ0v) is 17.4. The second-order valence-corrected chi connectivity index (χ2v) is 7.84. The minimum atomic E-state index is 0.934. The Morgan fingerprint density at radius 1 is 0.483 bits per heavy atom. The van der Waals surface area contributed by atoms with Gasteiger partial charge in [0.05, 0.1) is 0 Å². The van der Waals surface area contributed by atoms with Crippen molar-refractivity contribution in [2.24, 2.45) is 0 Å². The molecular weight excluding hydrogens is 350 g/mol. The van der Waals surface area contributed by atoms with Crippen LogP contribution >= 0.6 is 0 Å². The molecular formula is C28H27N. The molecule has 0 aliphatic carbocycles. The third-order valence-electron chi connectivity index (χ3n) is 5.28. The van der Waals surface area contributed by atoms with Crippen molar-refractivity contribution in [3.63, 3.8) is 0 Å². The molecule has 4 rings (SSSR count). The van der Waals surface area contributed by atoms with Crippen molar-refractivity contribution >= 4 is 17.1 Å². The molecule has 0 amide bonds. The monoisotopic (exact) mass is 377 g/mol. The standard InChI is InChI=1S/C28H27N/c1-21-7-13-24(14-8-21)19-25-5-4-6-28(20-25)29(26-15-9-22(2)10-16-26)27-17-11-23(3)12-18-27/h4-18,20H,19H2,1-3H3. The Balaban J connectivity index is 1.73. The summed E-state index contributed by atoms with van der Waals surface area (Å²) in [5, 5.41) is 0. The lowest BCUT2D eigenvalue weighted by atomic mass is 10.0. The highest BCUT2D eigenvalue weighted by Crippen LogP contribution is 2.35. The molecule has 1 nitrogen and oxygen atoms in total. The maximum absolute atomic E-state index is 2.33. The molecule has 0 spiro atoms. The molecule has 0 saturated carbocycles. The van der Waals surface area contributed by atoms with E-state index in [-0.39, 0.29) is 0 Å². The molecule has 0 unspecified atom stereocenters. The highest BCUT2D eigenvalue weighted by molar-refractivity contribution is 5.77. The van der Waals surface area contributed by atoms with E-state index < -0.39 is 0 Å². The van der Waals surface area contributed by atoms with Crippen LogP contribution in [0, 0.1) is 20.8 Å². The van der Waals surface area contributed by atoms with Crippen LogP contribution in [0.25, 0.3) is 0 Å². The van der Waals surface area contributed by atoms with Gasteiger partial charge in [-0.1, -0.05) is 77.4 Å². The highest BCUT2D eigenvalue weighted by atomic mass is 15.1. The SMILES string of the molecule is Cc1ccc(Cc2cccc(N(c3ccc(C)cc3)c3ccc(C)cc3)c2)cc1. The lowest BCUT2D eigenvalue weighted by Crippen LogP contribution is -2.10. The minimum Gasteiger partial charge on any atom is -0.310 e. The zero-order valence-electron chi connectivity index (χ0n) is 17.4. The molecule has 0 fully saturated rings. The molecule has 144 valence electrons. The number of hydrogen-bond donors (Lipinski definition) is 0. The van der Waals surface area contributed by atoms with E-state index in [1.54, 1.807) is 0 Å². The van der Waals surface area contributed by atoms with Crippen LogP contribution in [0.3, 0.4) is 0 Å². The largest absolute Gasteiger partial charge is 0.310 e. The van der Waals surface area contributed by atoms with Gasteiger partial charge in [-0.2, -0.15) is 0 Å². The van der Waals surface area contributed by atoms with Gasteiger partial charge in [-0.15, -0.1) is 0 Å². The third-order valence-corrected chi connectivity index (χ3v) is 5.28. The molecule has 4 aromatic carbocycles. The molecule has 0 aliphatic rings. The van der Waals surface area contributed by atoms with Crippen LogP contribution in [-0.4, -0.2) is 0 Å². The van der Waals surface area contributed by atoms with E-state index in [1.807, 2.05) is 0 Å². The van der Waals surface area contributed by atoms with Crippen molar-refractivity contribution in [1.29, 1.82) is 0 Å². The van der Waals surface area contributed by atoms with Gasteiger partial charge in [-0.25, -0.2) is 0 Å². The van der Waals surface area contributed by atoms with E-state index in [0.29, 0.717) is 0 Å².